The Kier molecular flexibility index (Phi) is 6.54. The van der Waals surface area contributed by atoms with Crippen molar-refractivity contribution in [2.24, 2.45) is 0 Å². The molecule has 0 heterocycles. The van der Waals surface area contributed by atoms with Crippen LogP contribution in [-0.2, 0) is 4.79 Å². The lowest BCUT2D eigenvalue weighted by molar-refractivity contribution is -0.122. The van der Waals surface area contributed by atoms with Crippen LogP contribution in [0.1, 0.15) is 25.7 Å². The number of ether oxygens (including phenoxy) is 1. The second kappa shape index (κ2) is 8.42. The van der Waals surface area contributed by atoms with Crippen LogP contribution < -0.4 is 10.1 Å². The summed E-state index contributed by atoms with van der Waals surface area (Å²) in [5, 5.41) is 4.34. The van der Waals surface area contributed by atoms with Gasteiger partial charge in [0.05, 0.1) is 0 Å². The van der Waals surface area contributed by atoms with E-state index in [0.29, 0.717) is 17.3 Å². The van der Waals surface area contributed by atoms with Crippen LogP contribution in [0.2, 0.25) is 5.02 Å². The van der Waals surface area contributed by atoms with Crippen LogP contribution in [0.3, 0.4) is 0 Å². The standard InChI is InChI=1S/C15H20ClNO2S/c16-12-5-7-13(8-6-12)19-11-15(18)17-9-10-20-14-3-1-2-4-14/h5-8,14H,1-4,9-11H2,(H,17,18). The molecule has 0 aromatic heterocycles. The fourth-order valence-electron chi connectivity index (χ4n) is 2.20. The van der Waals surface area contributed by atoms with Gasteiger partial charge in [-0.25, -0.2) is 0 Å². The molecule has 20 heavy (non-hydrogen) atoms. The summed E-state index contributed by atoms with van der Waals surface area (Å²) in [6.45, 7) is 0.764. The van der Waals surface area contributed by atoms with Crippen molar-refractivity contribution in [2.75, 3.05) is 18.9 Å². The normalized spacial score (nSPS) is 15.2. The van der Waals surface area contributed by atoms with E-state index in [0.717, 1.165) is 11.0 Å². The molecular formula is C15H20ClNO2S. The molecule has 1 N–H and O–H groups in total. The summed E-state index contributed by atoms with van der Waals surface area (Å²) in [7, 11) is 0. The zero-order valence-electron chi connectivity index (χ0n) is 11.4. The number of benzene rings is 1. The monoisotopic (exact) mass is 313 g/mol. The lowest BCUT2D eigenvalue weighted by Crippen LogP contribution is -2.30. The van der Waals surface area contributed by atoms with Gasteiger partial charge < -0.3 is 10.1 Å². The van der Waals surface area contributed by atoms with Gasteiger partial charge in [-0.05, 0) is 37.1 Å². The molecule has 2 rings (SSSR count). The second-order valence-electron chi connectivity index (χ2n) is 4.87. The number of hydrogen-bond donors (Lipinski definition) is 1. The van der Waals surface area contributed by atoms with Gasteiger partial charge in [-0.1, -0.05) is 24.4 Å². The molecule has 5 heteroatoms. The maximum absolute atomic E-state index is 11.6. The fourth-order valence-corrected chi connectivity index (χ4v) is 3.55. The molecule has 1 aromatic rings. The Morgan fingerprint density at radius 3 is 2.70 bits per heavy atom. The number of halogens is 1. The molecular weight excluding hydrogens is 294 g/mol. The van der Waals surface area contributed by atoms with Crippen LogP contribution in [0.5, 0.6) is 5.75 Å². The minimum atomic E-state index is -0.0769. The Morgan fingerprint density at radius 1 is 1.30 bits per heavy atom. The summed E-state index contributed by atoms with van der Waals surface area (Å²) in [5.74, 6) is 1.56. The van der Waals surface area contributed by atoms with E-state index in [1.54, 1.807) is 24.3 Å². The molecule has 0 atom stereocenters. The molecule has 0 aliphatic heterocycles. The van der Waals surface area contributed by atoms with Crippen LogP contribution in [0.15, 0.2) is 24.3 Å². The molecule has 0 spiro atoms. The zero-order valence-corrected chi connectivity index (χ0v) is 13.0. The van der Waals surface area contributed by atoms with Gasteiger partial charge in [-0.3, -0.25) is 4.79 Å². The zero-order chi connectivity index (χ0) is 14.2. The van der Waals surface area contributed by atoms with E-state index in [2.05, 4.69) is 5.32 Å². The van der Waals surface area contributed by atoms with Crippen LogP contribution in [-0.4, -0.2) is 30.1 Å². The maximum atomic E-state index is 11.6. The Morgan fingerprint density at radius 2 is 2.00 bits per heavy atom. The van der Waals surface area contributed by atoms with Crippen molar-refractivity contribution in [3.63, 3.8) is 0 Å². The quantitative estimate of drug-likeness (QED) is 0.783. The van der Waals surface area contributed by atoms with Crippen molar-refractivity contribution < 1.29 is 9.53 Å². The van der Waals surface area contributed by atoms with Crippen LogP contribution in [0.25, 0.3) is 0 Å². The average Bonchev–Trinajstić information content (AvgIpc) is 2.96. The first-order chi connectivity index (χ1) is 9.74. The van der Waals surface area contributed by atoms with Crippen molar-refractivity contribution in [2.45, 2.75) is 30.9 Å². The minimum Gasteiger partial charge on any atom is -0.484 e. The number of amides is 1. The van der Waals surface area contributed by atoms with E-state index in [1.165, 1.54) is 25.7 Å². The maximum Gasteiger partial charge on any atom is 0.257 e. The third-order valence-electron chi connectivity index (χ3n) is 3.26. The molecule has 110 valence electrons. The van der Waals surface area contributed by atoms with Gasteiger partial charge in [0, 0.05) is 22.6 Å². The second-order valence-corrected chi connectivity index (χ2v) is 6.71. The smallest absolute Gasteiger partial charge is 0.257 e. The number of nitrogens with one attached hydrogen (secondary N) is 1. The average molecular weight is 314 g/mol. The summed E-state index contributed by atoms with van der Waals surface area (Å²) in [4.78, 5) is 11.6. The topological polar surface area (TPSA) is 38.3 Å². The lowest BCUT2D eigenvalue weighted by Gasteiger charge is -2.10. The highest BCUT2D eigenvalue weighted by molar-refractivity contribution is 7.99. The SMILES string of the molecule is O=C(COc1ccc(Cl)cc1)NCCSC1CCCC1. The molecule has 3 nitrogen and oxygen atoms in total. The molecule has 0 saturated heterocycles. The first kappa shape index (κ1) is 15.5. The van der Waals surface area contributed by atoms with Crippen LogP contribution >= 0.6 is 23.4 Å². The molecule has 1 aliphatic rings. The van der Waals surface area contributed by atoms with Gasteiger partial charge in [0.25, 0.3) is 5.91 Å². The largest absolute Gasteiger partial charge is 0.484 e. The van der Waals surface area contributed by atoms with E-state index in [4.69, 9.17) is 16.3 Å². The lowest BCUT2D eigenvalue weighted by atomic mass is 10.3. The molecule has 0 radical (unpaired) electrons. The fraction of sp³-hybridized carbons (Fsp3) is 0.533. The van der Waals surface area contributed by atoms with Gasteiger partial charge >= 0.3 is 0 Å². The van der Waals surface area contributed by atoms with Gasteiger partial charge in [0.15, 0.2) is 6.61 Å². The van der Waals surface area contributed by atoms with Gasteiger partial charge in [-0.2, -0.15) is 11.8 Å². The molecule has 1 fully saturated rings. The number of hydrogen-bond acceptors (Lipinski definition) is 3. The summed E-state index contributed by atoms with van der Waals surface area (Å²) in [5.41, 5.74) is 0. The van der Waals surface area contributed by atoms with Crippen LogP contribution in [0.4, 0.5) is 0 Å². The minimum absolute atomic E-state index is 0.0513. The summed E-state index contributed by atoms with van der Waals surface area (Å²) in [6, 6.07) is 7.00. The Labute approximate surface area is 129 Å². The molecule has 0 bridgehead atoms. The van der Waals surface area contributed by atoms with Crippen molar-refractivity contribution in [3.8, 4) is 5.75 Å². The van der Waals surface area contributed by atoms with E-state index < -0.39 is 0 Å². The summed E-state index contributed by atoms with van der Waals surface area (Å²) < 4.78 is 5.38. The van der Waals surface area contributed by atoms with Gasteiger partial charge in [0.1, 0.15) is 5.75 Å². The van der Waals surface area contributed by atoms with E-state index in [9.17, 15) is 4.79 Å². The Balaban J connectivity index is 1.54. The summed E-state index contributed by atoms with van der Waals surface area (Å²) in [6.07, 6.45) is 5.38. The van der Waals surface area contributed by atoms with E-state index in [-0.39, 0.29) is 12.5 Å². The first-order valence-electron chi connectivity index (χ1n) is 7.01. The van der Waals surface area contributed by atoms with Crippen molar-refractivity contribution in [3.05, 3.63) is 29.3 Å². The highest BCUT2D eigenvalue weighted by Crippen LogP contribution is 2.28. The molecule has 1 aliphatic carbocycles. The number of thioether (sulfide) groups is 1. The third kappa shape index (κ3) is 5.63. The Bertz CT molecular complexity index is 418. The number of rotatable bonds is 7. The molecule has 1 aromatic carbocycles. The molecule has 1 saturated carbocycles. The molecule has 1 amide bonds. The van der Waals surface area contributed by atoms with Crippen molar-refractivity contribution in [1.29, 1.82) is 0 Å². The number of carbonyl (C=O) groups excluding carboxylic acids is 1. The highest BCUT2D eigenvalue weighted by atomic mass is 35.5. The summed E-state index contributed by atoms with van der Waals surface area (Å²) >= 11 is 7.75. The van der Waals surface area contributed by atoms with Crippen molar-refractivity contribution >= 4 is 29.3 Å². The predicted molar refractivity (Wildman–Crippen MR) is 84.7 cm³/mol. The highest BCUT2D eigenvalue weighted by Gasteiger charge is 2.14. The van der Waals surface area contributed by atoms with Gasteiger partial charge in [0.2, 0.25) is 0 Å². The number of carbonyl (C=O) groups is 1. The first-order valence-corrected chi connectivity index (χ1v) is 8.43. The molecule has 0 unspecified atom stereocenters. The Hall–Kier alpha value is -0.870. The van der Waals surface area contributed by atoms with E-state index in [1.807, 2.05) is 11.8 Å². The van der Waals surface area contributed by atoms with Crippen LogP contribution in [0, 0.1) is 0 Å². The van der Waals surface area contributed by atoms with Gasteiger partial charge in [-0.15, -0.1) is 0 Å². The third-order valence-corrected chi connectivity index (χ3v) is 4.90. The van der Waals surface area contributed by atoms with Crippen molar-refractivity contribution in [1.82, 2.24) is 5.32 Å². The predicted octanol–water partition coefficient (Wildman–Crippen LogP) is 3.51. The van der Waals surface area contributed by atoms with E-state index >= 15 is 0 Å².